The number of rotatable bonds is 3. The number of pyridine rings is 1. The molecule has 0 saturated heterocycles. The van der Waals surface area contributed by atoms with Gasteiger partial charge in [-0.1, -0.05) is 0 Å². The first-order valence-electron chi connectivity index (χ1n) is 5.71. The number of aromatic nitrogens is 1. The third-order valence-electron chi connectivity index (χ3n) is 2.87. The van der Waals surface area contributed by atoms with Crippen LogP contribution >= 0.6 is 0 Å². The van der Waals surface area contributed by atoms with E-state index in [1.807, 2.05) is 0 Å². The fraction of sp³-hybridized carbons (Fsp3) is 0.231. The van der Waals surface area contributed by atoms with E-state index in [4.69, 9.17) is 5.11 Å². The van der Waals surface area contributed by atoms with Crippen molar-refractivity contribution < 1.29 is 23.1 Å². The Morgan fingerprint density at radius 1 is 1.25 bits per heavy atom. The highest BCUT2D eigenvalue weighted by Gasteiger charge is 2.30. The molecular formula is C13H10F3NO3. The lowest BCUT2D eigenvalue weighted by Crippen LogP contribution is -2.21. The van der Waals surface area contributed by atoms with Crippen molar-refractivity contribution in [2.75, 3.05) is 0 Å². The molecule has 2 rings (SSSR count). The number of alkyl halides is 3. The molecule has 0 bridgehead atoms. The van der Waals surface area contributed by atoms with Crippen LogP contribution < -0.4 is 5.56 Å². The summed E-state index contributed by atoms with van der Waals surface area (Å²) < 4.78 is 38.8. The van der Waals surface area contributed by atoms with Crippen LogP contribution in [0.25, 0.3) is 10.8 Å². The molecule has 1 aromatic carbocycles. The molecule has 0 spiro atoms. The Bertz CT molecular complexity index is 719. The van der Waals surface area contributed by atoms with Crippen LogP contribution in [-0.4, -0.2) is 15.6 Å². The van der Waals surface area contributed by atoms with Gasteiger partial charge in [0.25, 0.3) is 5.56 Å². The highest BCUT2D eigenvalue weighted by atomic mass is 19.4. The average molecular weight is 285 g/mol. The van der Waals surface area contributed by atoms with Crippen LogP contribution in [0.3, 0.4) is 0 Å². The number of carboxylic acid groups (broad SMARTS) is 1. The van der Waals surface area contributed by atoms with Crippen molar-refractivity contribution in [2.45, 2.75) is 19.1 Å². The van der Waals surface area contributed by atoms with Crippen molar-refractivity contribution in [1.82, 2.24) is 4.57 Å². The molecule has 0 aliphatic carbocycles. The van der Waals surface area contributed by atoms with Gasteiger partial charge in [-0.25, -0.2) is 0 Å². The van der Waals surface area contributed by atoms with Crippen molar-refractivity contribution in [3.63, 3.8) is 0 Å². The molecule has 20 heavy (non-hydrogen) atoms. The number of aliphatic carboxylic acids is 1. The van der Waals surface area contributed by atoms with E-state index in [9.17, 15) is 22.8 Å². The van der Waals surface area contributed by atoms with Gasteiger partial charge >= 0.3 is 12.1 Å². The molecule has 0 amide bonds. The molecule has 0 fully saturated rings. The molecule has 1 heterocycles. The van der Waals surface area contributed by atoms with Crippen LogP contribution in [-0.2, 0) is 17.5 Å². The van der Waals surface area contributed by atoms with Gasteiger partial charge in [-0.2, -0.15) is 13.2 Å². The summed E-state index contributed by atoms with van der Waals surface area (Å²) >= 11 is 0. The van der Waals surface area contributed by atoms with E-state index in [2.05, 4.69) is 0 Å². The van der Waals surface area contributed by atoms with Crippen LogP contribution in [0.4, 0.5) is 13.2 Å². The number of benzene rings is 1. The standard InChI is InChI=1S/C13H10F3NO3/c14-13(15,16)9-1-2-10-8(7-9)3-5-17(12(10)20)6-4-11(18)19/h1-3,5,7H,4,6H2,(H,18,19). The van der Waals surface area contributed by atoms with Crippen molar-refractivity contribution in [1.29, 1.82) is 0 Å². The number of aryl methyl sites for hydroxylation is 1. The highest BCUT2D eigenvalue weighted by molar-refractivity contribution is 5.82. The molecule has 0 atom stereocenters. The first kappa shape index (κ1) is 14.1. The minimum absolute atomic E-state index is 0.0227. The zero-order chi connectivity index (χ0) is 14.9. The van der Waals surface area contributed by atoms with E-state index in [1.165, 1.54) is 16.8 Å². The van der Waals surface area contributed by atoms with E-state index in [0.29, 0.717) is 0 Å². The topological polar surface area (TPSA) is 59.3 Å². The lowest BCUT2D eigenvalue weighted by Gasteiger charge is -2.09. The zero-order valence-electron chi connectivity index (χ0n) is 10.1. The second-order valence-electron chi connectivity index (χ2n) is 4.26. The second-order valence-corrected chi connectivity index (χ2v) is 4.26. The summed E-state index contributed by atoms with van der Waals surface area (Å²) in [6.45, 7) is -0.0227. The fourth-order valence-electron chi connectivity index (χ4n) is 1.86. The molecule has 0 saturated carbocycles. The SMILES string of the molecule is O=C(O)CCn1ccc2cc(C(F)(F)F)ccc2c1=O. The summed E-state index contributed by atoms with van der Waals surface area (Å²) in [6.07, 6.45) is -3.40. The maximum Gasteiger partial charge on any atom is 0.416 e. The summed E-state index contributed by atoms with van der Waals surface area (Å²) in [7, 11) is 0. The molecule has 106 valence electrons. The van der Waals surface area contributed by atoms with Crippen LogP contribution in [0.5, 0.6) is 0 Å². The Morgan fingerprint density at radius 2 is 1.95 bits per heavy atom. The van der Waals surface area contributed by atoms with Gasteiger partial charge in [0.05, 0.1) is 12.0 Å². The lowest BCUT2D eigenvalue weighted by molar-refractivity contribution is -0.138. The van der Waals surface area contributed by atoms with Gasteiger partial charge in [-0.05, 0) is 29.7 Å². The van der Waals surface area contributed by atoms with E-state index in [-0.39, 0.29) is 23.7 Å². The first-order valence-corrected chi connectivity index (χ1v) is 5.71. The Balaban J connectivity index is 2.47. The molecule has 1 aromatic heterocycles. The summed E-state index contributed by atoms with van der Waals surface area (Å²) in [5, 5.41) is 8.87. The number of carbonyl (C=O) groups is 1. The molecule has 0 aliphatic rings. The largest absolute Gasteiger partial charge is 0.481 e. The molecule has 2 aromatic rings. The molecule has 4 nitrogen and oxygen atoms in total. The second kappa shape index (κ2) is 4.99. The predicted molar refractivity (Wildman–Crippen MR) is 65.5 cm³/mol. The third-order valence-corrected chi connectivity index (χ3v) is 2.87. The lowest BCUT2D eigenvalue weighted by atomic mass is 10.1. The van der Waals surface area contributed by atoms with Gasteiger partial charge in [-0.3, -0.25) is 9.59 Å². The van der Waals surface area contributed by atoms with Gasteiger partial charge in [0.1, 0.15) is 0 Å². The molecule has 1 N–H and O–H groups in total. The van der Waals surface area contributed by atoms with Crippen molar-refractivity contribution in [2.24, 2.45) is 0 Å². The minimum Gasteiger partial charge on any atom is -0.481 e. The molecule has 0 radical (unpaired) electrons. The number of halogens is 3. The van der Waals surface area contributed by atoms with Gasteiger partial charge < -0.3 is 9.67 Å². The highest BCUT2D eigenvalue weighted by Crippen LogP contribution is 2.30. The van der Waals surface area contributed by atoms with Crippen molar-refractivity contribution in [3.05, 3.63) is 46.4 Å². The zero-order valence-corrected chi connectivity index (χ0v) is 10.1. The van der Waals surface area contributed by atoms with E-state index in [0.717, 1.165) is 18.2 Å². The van der Waals surface area contributed by atoms with Crippen LogP contribution in [0.15, 0.2) is 35.3 Å². The summed E-state index contributed by atoms with van der Waals surface area (Å²) in [5.41, 5.74) is -1.33. The molecular weight excluding hydrogens is 275 g/mol. The molecule has 0 unspecified atom stereocenters. The Labute approximate surface area is 111 Å². The summed E-state index contributed by atoms with van der Waals surface area (Å²) in [5.74, 6) is -1.05. The minimum atomic E-state index is -4.47. The first-order chi connectivity index (χ1) is 9.29. The van der Waals surface area contributed by atoms with Crippen LogP contribution in [0.1, 0.15) is 12.0 Å². The van der Waals surface area contributed by atoms with Crippen molar-refractivity contribution in [3.8, 4) is 0 Å². The molecule has 0 aliphatic heterocycles. The van der Waals surface area contributed by atoms with Gasteiger partial charge in [0.2, 0.25) is 0 Å². The smallest absolute Gasteiger partial charge is 0.416 e. The monoisotopic (exact) mass is 285 g/mol. The van der Waals surface area contributed by atoms with E-state index in [1.54, 1.807) is 0 Å². The van der Waals surface area contributed by atoms with Gasteiger partial charge in [0.15, 0.2) is 0 Å². The normalized spacial score (nSPS) is 11.8. The summed E-state index contributed by atoms with van der Waals surface area (Å²) in [4.78, 5) is 22.5. The number of hydrogen-bond donors (Lipinski definition) is 1. The molecule has 7 heteroatoms. The van der Waals surface area contributed by atoms with Crippen LogP contribution in [0, 0.1) is 0 Å². The number of hydrogen-bond acceptors (Lipinski definition) is 2. The van der Waals surface area contributed by atoms with E-state index >= 15 is 0 Å². The maximum absolute atomic E-state index is 12.6. The van der Waals surface area contributed by atoms with Gasteiger partial charge in [0, 0.05) is 18.1 Å². The Morgan fingerprint density at radius 3 is 2.55 bits per heavy atom. The summed E-state index contributed by atoms with van der Waals surface area (Å²) in [6, 6.07) is 4.22. The third kappa shape index (κ3) is 2.81. The Hall–Kier alpha value is -2.31. The average Bonchev–Trinajstić information content (AvgIpc) is 2.36. The number of nitrogens with zero attached hydrogens (tertiary/aromatic N) is 1. The van der Waals surface area contributed by atoms with E-state index < -0.39 is 23.3 Å². The maximum atomic E-state index is 12.6. The number of carboxylic acids is 1. The van der Waals surface area contributed by atoms with Crippen LogP contribution in [0.2, 0.25) is 0 Å². The quantitative estimate of drug-likeness (QED) is 0.942. The predicted octanol–water partition coefficient (Wildman–Crippen LogP) is 2.50. The fourth-order valence-corrected chi connectivity index (χ4v) is 1.86. The van der Waals surface area contributed by atoms with Crippen molar-refractivity contribution >= 4 is 16.7 Å². The van der Waals surface area contributed by atoms with Gasteiger partial charge in [-0.15, -0.1) is 0 Å². The number of fused-ring (bicyclic) bond motifs is 1. The Kier molecular flexibility index (Phi) is 3.52.